The molecule has 10 heteroatoms. The smallest absolute Gasteiger partial charge is 0.327 e. The summed E-state index contributed by atoms with van der Waals surface area (Å²) in [6, 6.07) is 12.0. The predicted octanol–water partition coefficient (Wildman–Crippen LogP) is 5.80. The molecule has 0 radical (unpaired) electrons. The second-order valence-corrected chi connectivity index (χ2v) is 7.52. The Morgan fingerprint density at radius 2 is 1.81 bits per heavy atom. The van der Waals surface area contributed by atoms with Gasteiger partial charge in [-0.25, -0.2) is 4.79 Å². The fourth-order valence-corrected chi connectivity index (χ4v) is 3.74. The summed E-state index contributed by atoms with van der Waals surface area (Å²) < 4.78 is 27.8. The highest BCUT2D eigenvalue weighted by Gasteiger charge is 2.25. The number of nitrogens with one attached hydrogen (secondary N) is 1. The van der Waals surface area contributed by atoms with Crippen molar-refractivity contribution in [2.45, 2.75) is 20.8 Å². The van der Waals surface area contributed by atoms with Crippen LogP contribution in [-0.2, 0) is 0 Å². The van der Waals surface area contributed by atoms with Gasteiger partial charge in [-0.05, 0) is 31.2 Å². The molecular formula is C26H28N4O6. The Balaban J connectivity index is 0.00000148. The number of rotatable bonds is 5. The van der Waals surface area contributed by atoms with E-state index >= 15 is 0 Å². The number of carbonyl (C=O) groups is 1. The van der Waals surface area contributed by atoms with Gasteiger partial charge in [-0.15, -0.1) is 0 Å². The fourth-order valence-electron chi connectivity index (χ4n) is 3.74. The molecule has 188 valence electrons. The van der Waals surface area contributed by atoms with Gasteiger partial charge in [-0.3, -0.25) is 15.2 Å². The molecule has 0 aliphatic carbocycles. The zero-order valence-corrected chi connectivity index (χ0v) is 20.8. The Labute approximate surface area is 208 Å². The molecule has 0 saturated heterocycles. The van der Waals surface area contributed by atoms with E-state index in [9.17, 15) is 4.79 Å². The van der Waals surface area contributed by atoms with E-state index in [2.05, 4.69) is 15.5 Å². The van der Waals surface area contributed by atoms with Gasteiger partial charge < -0.3 is 23.5 Å². The minimum atomic E-state index is -0.326. The number of benzene rings is 2. The van der Waals surface area contributed by atoms with Gasteiger partial charge in [-0.1, -0.05) is 19.0 Å². The van der Waals surface area contributed by atoms with Crippen LogP contribution >= 0.6 is 0 Å². The predicted molar refractivity (Wildman–Crippen MR) is 136 cm³/mol. The molecule has 0 spiro atoms. The maximum Gasteiger partial charge on any atom is 0.327 e. The zero-order chi connectivity index (χ0) is 25.7. The molecule has 2 aromatic heterocycles. The Morgan fingerprint density at radius 3 is 2.53 bits per heavy atom. The van der Waals surface area contributed by atoms with E-state index in [0.717, 1.165) is 5.39 Å². The summed E-state index contributed by atoms with van der Waals surface area (Å²) in [6.07, 6.45) is 1.66. The summed E-state index contributed by atoms with van der Waals surface area (Å²) in [6.45, 7) is 6.50. The van der Waals surface area contributed by atoms with Crippen LogP contribution in [-0.4, -0.2) is 43.5 Å². The van der Waals surface area contributed by atoms with Crippen LogP contribution < -0.4 is 29.2 Å². The van der Waals surface area contributed by atoms with Gasteiger partial charge in [0.25, 0.3) is 0 Å². The minimum Gasteiger partial charge on any atom is -0.493 e. The summed E-state index contributed by atoms with van der Waals surface area (Å²) in [7, 11) is 3.15. The van der Waals surface area contributed by atoms with Gasteiger partial charge in [0.2, 0.25) is 0 Å². The van der Waals surface area contributed by atoms with E-state index in [1.165, 1.54) is 0 Å². The number of aromatic nitrogens is 2. The van der Waals surface area contributed by atoms with E-state index in [-0.39, 0.29) is 6.03 Å². The van der Waals surface area contributed by atoms with E-state index in [1.54, 1.807) is 68.6 Å². The van der Waals surface area contributed by atoms with Crippen LogP contribution in [0, 0.1) is 6.92 Å². The summed E-state index contributed by atoms with van der Waals surface area (Å²) in [5.74, 6) is 3.80. The molecule has 0 unspecified atom stereocenters. The summed E-state index contributed by atoms with van der Waals surface area (Å²) in [5.41, 5.74) is 1.33. The second-order valence-electron chi connectivity index (χ2n) is 7.52. The van der Waals surface area contributed by atoms with E-state index in [0.29, 0.717) is 64.7 Å². The molecule has 10 nitrogen and oxygen atoms in total. The third-order valence-corrected chi connectivity index (χ3v) is 5.34. The lowest BCUT2D eigenvalue weighted by atomic mass is 10.1. The number of urea groups is 1. The number of ether oxygens (including phenoxy) is 4. The molecule has 1 aliphatic rings. The average molecular weight is 493 g/mol. The molecule has 36 heavy (non-hydrogen) atoms. The van der Waals surface area contributed by atoms with Crippen molar-refractivity contribution in [3.63, 3.8) is 0 Å². The largest absolute Gasteiger partial charge is 0.493 e. The number of carbonyl (C=O) groups excluding carboxylic acids is 1. The quantitative estimate of drug-likeness (QED) is 0.372. The van der Waals surface area contributed by atoms with Crippen molar-refractivity contribution < 1.29 is 28.3 Å². The molecule has 0 saturated carbocycles. The Kier molecular flexibility index (Phi) is 7.43. The number of hydrogen-bond acceptors (Lipinski definition) is 8. The highest BCUT2D eigenvalue weighted by atomic mass is 16.5. The molecule has 5 rings (SSSR count). The SMILES string of the molecule is CC.COc1cc2nccc(Oc3ccc4c(c3)OCCN4C(=O)Nc3cc(C)on3)c2cc1OC. The molecule has 1 aliphatic heterocycles. The number of nitrogens with zero attached hydrogens (tertiary/aromatic N) is 3. The third-order valence-electron chi connectivity index (χ3n) is 5.34. The van der Waals surface area contributed by atoms with Crippen LogP contribution in [0.4, 0.5) is 16.3 Å². The molecular weight excluding hydrogens is 464 g/mol. The number of amides is 2. The Morgan fingerprint density at radius 1 is 1.03 bits per heavy atom. The molecule has 0 fully saturated rings. The van der Waals surface area contributed by atoms with Crippen LogP contribution in [0.25, 0.3) is 10.9 Å². The van der Waals surface area contributed by atoms with Gasteiger partial charge in [0.15, 0.2) is 17.3 Å². The first kappa shape index (κ1) is 24.6. The summed E-state index contributed by atoms with van der Waals surface area (Å²) >= 11 is 0. The van der Waals surface area contributed by atoms with Crippen molar-refractivity contribution in [1.29, 1.82) is 0 Å². The standard InChI is InChI=1S/C24H22N4O6.C2H6/c1-14-10-23(27-34-14)26-24(29)28-8-9-32-20-11-15(4-5-18(20)28)33-19-6-7-25-17-13-22(31-3)21(30-2)12-16(17)19;1-2/h4-7,10-13H,8-9H2,1-3H3,(H,26,27,29);1-2H3. The first-order chi connectivity index (χ1) is 17.6. The van der Waals surface area contributed by atoms with Crippen molar-refractivity contribution in [2.75, 3.05) is 37.6 Å². The van der Waals surface area contributed by atoms with Crippen molar-refractivity contribution in [3.05, 3.63) is 54.4 Å². The molecule has 1 N–H and O–H groups in total. The monoisotopic (exact) mass is 492 g/mol. The van der Waals surface area contributed by atoms with Crippen LogP contribution in [0.1, 0.15) is 19.6 Å². The number of methoxy groups -OCH3 is 2. The molecule has 4 aromatic rings. The lowest BCUT2D eigenvalue weighted by Crippen LogP contribution is -2.40. The third kappa shape index (κ3) is 4.97. The highest BCUT2D eigenvalue weighted by molar-refractivity contribution is 6.02. The summed E-state index contributed by atoms with van der Waals surface area (Å²) in [4.78, 5) is 18.8. The molecule has 2 amide bonds. The van der Waals surface area contributed by atoms with Gasteiger partial charge in [-0.2, -0.15) is 0 Å². The van der Waals surface area contributed by atoms with Crippen molar-refractivity contribution >= 4 is 28.4 Å². The first-order valence-corrected chi connectivity index (χ1v) is 11.5. The number of pyridine rings is 1. The molecule has 2 aromatic carbocycles. The second kappa shape index (κ2) is 10.9. The van der Waals surface area contributed by atoms with Crippen molar-refractivity contribution in [1.82, 2.24) is 10.1 Å². The highest BCUT2D eigenvalue weighted by Crippen LogP contribution is 2.40. The van der Waals surface area contributed by atoms with Gasteiger partial charge in [0.05, 0.1) is 32.0 Å². The molecule has 0 atom stereocenters. The lowest BCUT2D eigenvalue weighted by Gasteiger charge is -2.29. The van der Waals surface area contributed by atoms with Crippen LogP contribution in [0.3, 0.4) is 0 Å². The van der Waals surface area contributed by atoms with Crippen LogP contribution in [0.5, 0.6) is 28.7 Å². The van der Waals surface area contributed by atoms with E-state index in [4.69, 9.17) is 23.5 Å². The van der Waals surface area contributed by atoms with Gasteiger partial charge in [0, 0.05) is 29.8 Å². The number of hydrogen-bond donors (Lipinski definition) is 1. The minimum absolute atomic E-state index is 0.326. The zero-order valence-electron chi connectivity index (χ0n) is 20.8. The summed E-state index contributed by atoms with van der Waals surface area (Å²) in [5, 5.41) is 7.31. The number of anilines is 2. The fraction of sp³-hybridized carbons (Fsp3) is 0.269. The average Bonchev–Trinajstić information content (AvgIpc) is 3.32. The van der Waals surface area contributed by atoms with Crippen LogP contribution in [0.2, 0.25) is 0 Å². The van der Waals surface area contributed by atoms with Gasteiger partial charge in [0.1, 0.15) is 29.6 Å². The van der Waals surface area contributed by atoms with Crippen molar-refractivity contribution in [3.8, 4) is 28.7 Å². The van der Waals surface area contributed by atoms with E-state index < -0.39 is 0 Å². The Bertz CT molecular complexity index is 1370. The van der Waals surface area contributed by atoms with E-state index in [1.807, 2.05) is 19.9 Å². The Hall–Kier alpha value is -4.47. The van der Waals surface area contributed by atoms with Gasteiger partial charge >= 0.3 is 6.03 Å². The number of aryl methyl sites for hydroxylation is 1. The first-order valence-electron chi connectivity index (χ1n) is 11.5. The maximum absolute atomic E-state index is 12.8. The topological polar surface area (TPSA) is 108 Å². The molecule has 0 bridgehead atoms. The molecule has 3 heterocycles. The number of fused-ring (bicyclic) bond motifs is 2. The lowest BCUT2D eigenvalue weighted by molar-refractivity contribution is 0.249. The maximum atomic E-state index is 12.8. The van der Waals surface area contributed by atoms with Crippen molar-refractivity contribution in [2.24, 2.45) is 0 Å². The normalized spacial score (nSPS) is 12.1. The van der Waals surface area contributed by atoms with Crippen LogP contribution in [0.15, 0.2) is 53.2 Å².